The number of halogens is 2. The third-order valence-electron chi connectivity index (χ3n) is 3.56. The molecule has 1 aromatic carbocycles. The van der Waals surface area contributed by atoms with Gasteiger partial charge in [0.1, 0.15) is 6.04 Å². The third kappa shape index (κ3) is 2.96. The number of hydrogen-bond acceptors (Lipinski definition) is 3. The van der Waals surface area contributed by atoms with Gasteiger partial charge in [-0.2, -0.15) is 0 Å². The predicted octanol–water partition coefficient (Wildman–Crippen LogP) is 2.89. The Hall–Kier alpha value is -1.59. The van der Waals surface area contributed by atoms with Crippen molar-refractivity contribution in [2.75, 3.05) is 6.54 Å². The van der Waals surface area contributed by atoms with E-state index in [-0.39, 0.29) is 27.1 Å². The first-order valence-electron chi connectivity index (χ1n) is 7.03. The second kappa shape index (κ2) is 6.67. The van der Waals surface area contributed by atoms with Crippen LogP contribution >= 0.6 is 23.2 Å². The van der Waals surface area contributed by atoms with Gasteiger partial charge in [-0.25, -0.2) is 0 Å². The predicted molar refractivity (Wildman–Crippen MR) is 84.3 cm³/mol. The highest BCUT2D eigenvalue weighted by Crippen LogP contribution is 2.32. The standard InChI is InChI=1S/C15H16Cl2N2O3/c1-3-4-5-18-13(20)8(2)19-14(21)9-6-11(16)12(17)7-10(9)15(19)22/h6-8H,3-5H2,1-2H3,(H,18,20). The van der Waals surface area contributed by atoms with Gasteiger partial charge in [0, 0.05) is 6.54 Å². The first kappa shape index (κ1) is 16.8. The van der Waals surface area contributed by atoms with Crippen LogP contribution in [-0.2, 0) is 4.79 Å². The molecule has 1 unspecified atom stereocenters. The molecule has 118 valence electrons. The normalized spacial score (nSPS) is 15.0. The van der Waals surface area contributed by atoms with Gasteiger partial charge in [-0.15, -0.1) is 0 Å². The van der Waals surface area contributed by atoms with E-state index in [4.69, 9.17) is 23.2 Å². The highest BCUT2D eigenvalue weighted by molar-refractivity contribution is 6.43. The van der Waals surface area contributed by atoms with E-state index in [9.17, 15) is 14.4 Å². The van der Waals surface area contributed by atoms with Crippen LogP contribution in [-0.4, -0.2) is 35.2 Å². The van der Waals surface area contributed by atoms with Crippen molar-refractivity contribution in [2.45, 2.75) is 32.7 Å². The fraction of sp³-hybridized carbons (Fsp3) is 0.400. The summed E-state index contributed by atoms with van der Waals surface area (Å²) in [6.07, 6.45) is 1.78. The number of amides is 3. The zero-order valence-corrected chi connectivity index (χ0v) is 13.8. The lowest BCUT2D eigenvalue weighted by Gasteiger charge is -2.21. The molecule has 0 aromatic heterocycles. The number of imide groups is 1. The summed E-state index contributed by atoms with van der Waals surface area (Å²) in [5.74, 6) is -1.42. The fourth-order valence-electron chi connectivity index (χ4n) is 2.26. The molecule has 1 heterocycles. The van der Waals surface area contributed by atoms with Gasteiger partial charge in [0.05, 0.1) is 21.2 Å². The van der Waals surface area contributed by atoms with Gasteiger partial charge in [-0.3, -0.25) is 19.3 Å². The van der Waals surface area contributed by atoms with Crippen LogP contribution in [0.25, 0.3) is 0 Å². The summed E-state index contributed by atoms with van der Waals surface area (Å²) in [6.45, 7) is 4.04. The summed E-state index contributed by atoms with van der Waals surface area (Å²) in [5.41, 5.74) is 0.347. The number of hydrogen-bond donors (Lipinski definition) is 1. The minimum atomic E-state index is -0.887. The Morgan fingerprint density at radius 2 is 1.68 bits per heavy atom. The van der Waals surface area contributed by atoms with Gasteiger partial charge >= 0.3 is 0 Å². The number of carbonyl (C=O) groups is 3. The van der Waals surface area contributed by atoms with Crippen molar-refractivity contribution in [2.24, 2.45) is 0 Å². The highest BCUT2D eigenvalue weighted by Gasteiger charge is 2.41. The van der Waals surface area contributed by atoms with Crippen molar-refractivity contribution in [3.05, 3.63) is 33.3 Å². The van der Waals surface area contributed by atoms with Crippen molar-refractivity contribution in [3.63, 3.8) is 0 Å². The molecule has 0 aliphatic carbocycles. The van der Waals surface area contributed by atoms with Gasteiger partial charge in [-0.1, -0.05) is 36.5 Å². The lowest BCUT2D eigenvalue weighted by Crippen LogP contribution is -2.48. The zero-order chi connectivity index (χ0) is 16.4. The topological polar surface area (TPSA) is 66.5 Å². The summed E-state index contributed by atoms with van der Waals surface area (Å²) >= 11 is 11.8. The number of unbranched alkanes of at least 4 members (excludes halogenated alkanes) is 1. The van der Waals surface area contributed by atoms with Crippen LogP contribution in [0.2, 0.25) is 10.0 Å². The summed E-state index contributed by atoms with van der Waals surface area (Å²) in [4.78, 5) is 37.8. The largest absolute Gasteiger partial charge is 0.354 e. The van der Waals surface area contributed by atoms with E-state index < -0.39 is 17.9 Å². The third-order valence-corrected chi connectivity index (χ3v) is 4.28. The Morgan fingerprint density at radius 3 is 2.14 bits per heavy atom. The lowest BCUT2D eigenvalue weighted by atomic mass is 10.1. The number of nitrogens with zero attached hydrogens (tertiary/aromatic N) is 1. The zero-order valence-electron chi connectivity index (χ0n) is 12.3. The van der Waals surface area contributed by atoms with E-state index in [1.165, 1.54) is 19.1 Å². The van der Waals surface area contributed by atoms with Crippen molar-refractivity contribution in [3.8, 4) is 0 Å². The van der Waals surface area contributed by atoms with Crippen LogP contribution in [0.3, 0.4) is 0 Å². The molecule has 0 saturated carbocycles. The Labute approximate surface area is 138 Å². The summed E-state index contributed by atoms with van der Waals surface area (Å²) in [6, 6.07) is 1.84. The Morgan fingerprint density at radius 1 is 1.18 bits per heavy atom. The minimum Gasteiger partial charge on any atom is -0.354 e. The first-order valence-corrected chi connectivity index (χ1v) is 7.78. The highest BCUT2D eigenvalue weighted by atomic mass is 35.5. The maximum Gasteiger partial charge on any atom is 0.262 e. The molecule has 2 rings (SSSR count). The molecular formula is C15H16Cl2N2O3. The van der Waals surface area contributed by atoms with E-state index in [2.05, 4.69) is 5.32 Å². The summed E-state index contributed by atoms with van der Waals surface area (Å²) < 4.78 is 0. The maximum absolute atomic E-state index is 12.4. The molecule has 1 atom stereocenters. The molecule has 5 nitrogen and oxygen atoms in total. The van der Waals surface area contributed by atoms with Gasteiger partial charge in [0.25, 0.3) is 11.8 Å². The van der Waals surface area contributed by atoms with Gasteiger partial charge in [-0.05, 0) is 25.5 Å². The fourth-order valence-corrected chi connectivity index (χ4v) is 2.58. The molecule has 0 spiro atoms. The minimum absolute atomic E-state index is 0.174. The monoisotopic (exact) mass is 342 g/mol. The number of carbonyl (C=O) groups excluding carboxylic acids is 3. The summed E-state index contributed by atoms with van der Waals surface area (Å²) in [7, 11) is 0. The lowest BCUT2D eigenvalue weighted by molar-refractivity contribution is -0.124. The Balaban J connectivity index is 2.22. The second-order valence-corrected chi connectivity index (χ2v) is 5.93. The smallest absolute Gasteiger partial charge is 0.262 e. The molecule has 1 N–H and O–H groups in total. The Bertz CT molecular complexity index is 605. The van der Waals surface area contributed by atoms with Crippen LogP contribution in [0.15, 0.2) is 12.1 Å². The molecule has 0 saturated heterocycles. The van der Waals surface area contributed by atoms with Gasteiger partial charge < -0.3 is 5.32 Å². The van der Waals surface area contributed by atoms with Gasteiger partial charge in [0.15, 0.2) is 0 Å². The van der Waals surface area contributed by atoms with Crippen LogP contribution in [0.4, 0.5) is 0 Å². The average Bonchev–Trinajstić information content (AvgIpc) is 2.71. The molecule has 1 aliphatic heterocycles. The number of fused-ring (bicyclic) bond motifs is 1. The van der Waals surface area contributed by atoms with E-state index >= 15 is 0 Å². The van der Waals surface area contributed by atoms with E-state index in [0.29, 0.717) is 6.54 Å². The number of rotatable bonds is 5. The number of nitrogens with one attached hydrogen (secondary N) is 1. The van der Waals surface area contributed by atoms with Crippen LogP contribution in [0.5, 0.6) is 0 Å². The van der Waals surface area contributed by atoms with Crippen molar-refractivity contribution >= 4 is 40.9 Å². The van der Waals surface area contributed by atoms with E-state index in [1.807, 2.05) is 6.92 Å². The quantitative estimate of drug-likeness (QED) is 0.660. The first-order chi connectivity index (χ1) is 10.4. The van der Waals surface area contributed by atoms with Crippen LogP contribution in [0.1, 0.15) is 47.4 Å². The van der Waals surface area contributed by atoms with Crippen molar-refractivity contribution in [1.82, 2.24) is 10.2 Å². The average molecular weight is 343 g/mol. The van der Waals surface area contributed by atoms with Crippen LogP contribution < -0.4 is 5.32 Å². The molecule has 1 aliphatic rings. The summed E-state index contributed by atoms with van der Waals surface area (Å²) in [5, 5.41) is 3.11. The molecule has 0 radical (unpaired) electrons. The maximum atomic E-state index is 12.4. The molecule has 1 aromatic rings. The number of benzene rings is 1. The van der Waals surface area contributed by atoms with E-state index in [0.717, 1.165) is 17.7 Å². The molecule has 0 bridgehead atoms. The van der Waals surface area contributed by atoms with E-state index in [1.54, 1.807) is 0 Å². The van der Waals surface area contributed by atoms with Crippen LogP contribution in [0, 0.1) is 0 Å². The van der Waals surface area contributed by atoms with Crippen molar-refractivity contribution < 1.29 is 14.4 Å². The molecule has 0 fully saturated rings. The SMILES string of the molecule is CCCCNC(=O)C(C)N1C(=O)c2cc(Cl)c(Cl)cc2C1=O. The Kier molecular flexibility index (Phi) is 5.08. The molecule has 3 amide bonds. The molecule has 22 heavy (non-hydrogen) atoms. The molecule has 7 heteroatoms. The molecular weight excluding hydrogens is 327 g/mol. The second-order valence-electron chi connectivity index (χ2n) is 5.11. The van der Waals surface area contributed by atoms with Crippen molar-refractivity contribution in [1.29, 1.82) is 0 Å². The van der Waals surface area contributed by atoms with Gasteiger partial charge in [0.2, 0.25) is 5.91 Å².